The summed E-state index contributed by atoms with van der Waals surface area (Å²) in [6.45, 7) is 1.09. The molecule has 0 fully saturated rings. The highest BCUT2D eigenvalue weighted by atomic mass is 32.2. The molecule has 1 atom stereocenters. The van der Waals surface area contributed by atoms with Crippen molar-refractivity contribution in [3.8, 4) is 5.75 Å². The van der Waals surface area contributed by atoms with Crippen LogP contribution in [0.5, 0.6) is 5.75 Å². The summed E-state index contributed by atoms with van der Waals surface area (Å²) in [5.74, 6) is -0.770. The van der Waals surface area contributed by atoms with Gasteiger partial charge in [0.05, 0.1) is 19.1 Å². The lowest BCUT2D eigenvalue weighted by molar-refractivity contribution is -0.147. The lowest BCUT2D eigenvalue weighted by Crippen LogP contribution is -2.39. The zero-order chi connectivity index (χ0) is 20.0. The van der Waals surface area contributed by atoms with Crippen molar-refractivity contribution in [2.45, 2.75) is 24.5 Å². The van der Waals surface area contributed by atoms with Gasteiger partial charge in [-0.15, -0.1) is 0 Å². The molecule has 0 spiro atoms. The molecule has 0 aliphatic heterocycles. The predicted molar refractivity (Wildman–Crippen MR) is 92.6 cm³/mol. The van der Waals surface area contributed by atoms with Crippen molar-refractivity contribution in [2.24, 2.45) is 0 Å². The summed E-state index contributed by atoms with van der Waals surface area (Å²) in [5, 5.41) is 0. The van der Waals surface area contributed by atoms with Crippen molar-refractivity contribution in [1.82, 2.24) is 4.72 Å². The molecule has 0 bridgehead atoms. The van der Waals surface area contributed by atoms with Crippen LogP contribution in [0.1, 0.15) is 23.2 Å². The minimum Gasteiger partial charge on any atom is -0.497 e. The monoisotopic (exact) mass is 397 g/mol. The SMILES string of the molecule is COC(=O)c1ccc(COC(=O)C(C)NS(=O)(=O)c2ccc(OC)cc2)o1. The van der Waals surface area contributed by atoms with Crippen LogP contribution in [-0.4, -0.2) is 40.6 Å². The highest BCUT2D eigenvalue weighted by Gasteiger charge is 2.23. The number of sulfonamides is 1. The minimum atomic E-state index is -3.91. The largest absolute Gasteiger partial charge is 0.497 e. The van der Waals surface area contributed by atoms with E-state index in [0.717, 1.165) is 0 Å². The Morgan fingerprint density at radius 3 is 2.37 bits per heavy atom. The van der Waals surface area contributed by atoms with E-state index >= 15 is 0 Å². The molecule has 0 amide bonds. The summed E-state index contributed by atoms with van der Waals surface area (Å²) in [7, 11) is -1.24. The first-order valence-electron chi connectivity index (χ1n) is 7.77. The van der Waals surface area contributed by atoms with Gasteiger partial charge in [0.25, 0.3) is 0 Å². The average Bonchev–Trinajstić information content (AvgIpc) is 3.14. The van der Waals surface area contributed by atoms with Crippen molar-refractivity contribution < 1.29 is 36.6 Å². The van der Waals surface area contributed by atoms with E-state index in [1.807, 2.05) is 0 Å². The predicted octanol–water partition coefficient (Wildman–Crippen LogP) is 1.48. The second-order valence-electron chi connectivity index (χ2n) is 5.38. The van der Waals surface area contributed by atoms with E-state index in [0.29, 0.717) is 5.75 Å². The summed E-state index contributed by atoms with van der Waals surface area (Å²) < 4.78 is 46.5. The Morgan fingerprint density at radius 1 is 1.11 bits per heavy atom. The number of nitrogens with one attached hydrogen (secondary N) is 1. The number of hydrogen-bond acceptors (Lipinski definition) is 8. The molecule has 0 aliphatic carbocycles. The fraction of sp³-hybridized carbons (Fsp3) is 0.294. The zero-order valence-electron chi connectivity index (χ0n) is 14.9. The van der Waals surface area contributed by atoms with E-state index in [-0.39, 0.29) is 23.0 Å². The number of benzene rings is 1. The summed E-state index contributed by atoms with van der Waals surface area (Å²) in [4.78, 5) is 23.3. The normalized spacial score (nSPS) is 12.3. The smallest absolute Gasteiger partial charge is 0.373 e. The van der Waals surface area contributed by atoms with Gasteiger partial charge in [-0.05, 0) is 43.3 Å². The van der Waals surface area contributed by atoms with Crippen LogP contribution in [0.15, 0.2) is 45.7 Å². The quantitative estimate of drug-likeness (QED) is 0.665. The molecule has 146 valence electrons. The van der Waals surface area contributed by atoms with Crippen molar-refractivity contribution in [1.29, 1.82) is 0 Å². The van der Waals surface area contributed by atoms with Crippen LogP contribution in [0.25, 0.3) is 0 Å². The summed E-state index contributed by atoms with van der Waals surface area (Å²) >= 11 is 0. The van der Waals surface area contributed by atoms with Crippen LogP contribution >= 0.6 is 0 Å². The van der Waals surface area contributed by atoms with Gasteiger partial charge >= 0.3 is 11.9 Å². The molecule has 1 aromatic heterocycles. The van der Waals surface area contributed by atoms with Gasteiger partial charge < -0.3 is 18.6 Å². The molecule has 27 heavy (non-hydrogen) atoms. The first-order chi connectivity index (χ1) is 12.8. The number of methoxy groups -OCH3 is 2. The minimum absolute atomic E-state index is 0.0169. The van der Waals surface area contributed by atoms with Crippen LogP contribution in [-0.2, 0) is 30.9 Å². The third-order valence-corrected chi connectivity index (χ3v) is 5.02. The van der Waals surface area contributed by atoms with E-state index in [9.17, 15) is 18.0 Å². The van der Waals surface area contributed by atoms with Gasteiger partial charge in [0, 0.05) is 0 Å². The summed E-state index contributed by atoms with van der Waals surface area (Å²) in [5.41, 5.74) is 0. The maximum Gasteiger partial charge on any atom is 0.373 e. The van der Waals surface area contributed by atoms with Gasteiger partial charge in [-0.2, -0.15) is 4.72 Å². The van der Waals surface area contributed by atoms with Crippen LogP contribution in [0, 0.1) is 0 Å². The fourth-order valence-electron chi connectivity index (χ4n) is 2.04. The molecule has 1 aromatic carbocycles. The Hall–Kier alpha value is -2.85. The number of hydrogen-bond donors (Lipinski definition) is 1. The maximum atomic E-state index is 12.3. The lowest BCUT2D eigenvalue weighted by Gasteiger charge is -2.13. The number of furan rings is 1. The van der Waals surface area contributed by atoms with E-state index < -0.39 is 28.0 Å². The maximum absolute atomic E-state index is 12.3. The molecule has 0 radical (unpaired) electrons. The third-order valence-electron chi connectivity index (χ3n) is 3.46. The standard InChI is InChI=1S/C17H19NO8S/c1-11(18-27(21,22)14-7-4-12(23-2)5-8-14)16(19)25-10-13-6-9-15(26-13)17(20)24-3/h4-9,11,18H,10H2,1-3H3. The van der Waals surface area contributed by atoms with E-state index in [4.69, 9.17) is 13.9 Å². The van der Waals surface area contributed by atoms with Crippen LogP contribution in [0.4, 0.5) is 0 Å². The zero-order valence-corrected chi connectivity index (χ0v) is 15.7. The molecular weight excluding hydrogens is 378 g/mol. The van der Waals surface area contributed by atoms with Crippen molar-refractivity contribution in [3.05, 3.63) is 47.9 Å². The third kappa shape index (κ3) is 5.31. The summed E-state index contributed by atoms with van der Waals surface area (Å²) in [6, 6.07) is 7.40. The molecule has 0 aliphatic rings. The van der Waals surface area contributed by atoms with E-state index in [1.165, 1.54) is 57.5 Å². The van der Waals surface area contributed by atoms with Gasteiger partial charge in [-0.25, -0.2) is 13.2 Å². The molecule has 2 rings (SSSR count). The lowest BCUT2D eigenvalue weighted by atomic mass is 10.3. The Morgan fingerprint density at radius 2 is 1.78 bits per heavy atom. The highest BCUT2D eigenvalue weighted by molar-refractivity contribution is 7.89. The van der Waals surface area contributed by atoms with Crippen molar-refractivity contribution in [2.75, 3.05) is 14.2 Å². The number of ether oxygens (including phenoxy) is 3. The van der Waals surface area contributed by atoms with Gasteiger partial charge in [0.15, 0.2) is 0 Å². The van der Waals surface area contributed by atoms with Crippen molar-refractivity contribution in [3.63, 3.8) is 0 Å². The molecule has 2 aromatic rings. The number of carbonyl (C=O) groups is 2. The Balaban J connectivity index is 1.94. The summed E-state index contributed by atoms with van der Waals surface area (Å²) in [6.07, 6.45) is 0. The van der Waals surface area contributed by atoms with Crippen LogP contribution in [0.3, 0.4) is 0 Å². The van der Waals surface area contributed by atoms with E-state index in [1.54, 1.807) is 0 Å². The molecule has 0 saturated heterocycles. The number of rotatable bonds is 8. The first kappa shape index (κ1) is 20.5. The topological polar surface area (TPSA) is 121 Å². The molecule has 1 heterocycles. The Labute approximate surface area is 156 Å². The molecule has 9 nitrogen and oxygen atoms in total. The molecular formula is C17H19NO8S. The second kappa shape index (κ2) is 8.69. The van der Waals surface area contributed by atoms with Crippen LogP contribution in [0.2, 0.25) is 0 Å². The Kier molecular flexibility index (Phi) is 6.59. The first-order valence-corrected chi connectivity index (χ1v) is 9.25. The van der Waals surface area contributed by atoms with Gasteiger partial charge in [0.1, 0.15) is 24.2 Å². The van der Waals surface area contributed by atoms with E-state index in [2.05, 4.69) is 9.46 Å². The number of esters is 2. The molecule has 10 heteroatoms. The molecule has 0 saturated carbocycles. The molecule has 1 N–H and O–H groups in total. The van der Waals surface area contributed by atoms with Gasteiger partial charge in [-0.3, -0.25) is 4.79 Å². The van der Waals surface area contributed by atoms with Crippen molar-refractivity contribution >= 4 is 22.0 Å². The number of carbonyl (C=O) groups excluding carboxylic acids is 2. The molecule has 1 unspecified atom stereocenters. The van der Waals surface area contributed by atoms with Gasteiger partial charge in [-0.1, -0.05) is 0 Å². The van der Waals surface area contributed by atoms with Gasteiger partial charge in [0.2, 0.25) is 15.8 Å². The Bertz CT molecular complexity index is 901. The average molecular weight is 397 g/mol. The van der Waals surface area contributed by atoms with Crippen LogP contribution < -0.4 is 9.46 Å². The fourth-order valence-corrected chi connectivity index (χ4v) is 3.23. The second-order valence-corrected chi connectivity index (χ2v) is 7.10. The highest BCUT2D eigenvalue weighted by Crippen LogP contribution is 2.16.